The topological polar surface area (TPSA) is 64.7 Å². The molecular weight excluding hydrogens is 326 g/mol. The van der Waals surface area contributed by atoms with Crippen molar-refractivity contribution in [3.05, 3.63) is 78.5 Å². The first kappa shape index (κ1) is 16.1. The second kappa shape index (κ2) is 6.84. The van der Waals surface area contributed by atoms with Gasteiger partial charge in [-0.15, -0.1) is 0 Å². The largest absolute Gasteiger partial charge is 0.338 e. The number of anilines is 1. The molecule has 6 heteroatoms. The van der Waals surface area contributed by atoms with Crippen molar-refractivity contribution in [1.82, 2.24) is 19.3 Å². The van der Waals surface area contributed by atoms with E-state index in [4.69, 9.17) is 0 Å². The SMILES string of the molecule is Cc1cccc2c1ccn2CC(=O)Nc1ccc(Cn2cncn2)cc1. The zero-order valence-corrected chi connectivity index (χ0v) is 14.5. The summed E-state index contributed by atoms with van der Waals surface area (Å²) in [4.78, 5) is 16.3. The van der Waals surface area contributed by atoms with Crippen LogP contribution in [0, 0.1) is 6.92 Å². The maximum absolute atomic E-state index is 12.4. The molecule has 0 bridgehead atoms. The molecule has 1 N–H and O–H groups in total. The van der Waals surface area contributed by atoms with Crippen LogP contribution in [0.4, 0.5) is 5.69 Å². The summed E-state index contributed by atoms with van der Waals surface area (Å²) in [5, 5.41) is 8.22. The Balaban J connectivity index is 1.42. The molecule has 26 heavy (non-hydrogen) atoms. The van der Waals surface area contributed by atoms with Gasteiger partial charge in [0.15, 0.2) is 0 Å². The fraction of sp³-hybridized carbons (Fsp3) is 0.150. The number of nitrogens with zero attached hydrogens (tertiary/aromatic N) is 4. The highest BCUT2D eigenvalue weighted by atomic mass is 16.1. The molecule has 0 spiro atoms. The molecule has 6 nitrogen and oxygen atoms in total. The van der Waals surface area contributed by atoms with Crippen LogP contribution in [-0.2, 0) is 17.9 Å². The average molecular weight is 345 g/mol. The predicted octanol–water partition coefficient (Wildman–Crippen LogP) is 3.23. The Bertz CT molecular complexity index is 1030. The Morgan fingerprint density at radius 2 is 1.96 bits per heavy atom. The van der Waals surface area contributed by atoms with Crippen LogP contribution in [0.1, 0.15) is 11.1 Å². The van der Waals surface area contributed by atoms with Gasteiger partial charge in [0.2, 0.25) is 5.91 Å². The fourth-order valence-electron chi connectivity index (χ4n) is 3.07. The molecule has 0 saturated heterocycles. The van der Waals surface area contributed by atoms with Crippen molar-refractivity contribution < 1.29 is 4.79 Å². The van der Waals surface area contributed by atoms with E-state index in [0.29, 0.717) is 6.54 Å². The van der Waals surface area contributed by atoms with Crippen LogP contribution in [0.2, 0.25) is 0 Å². The highest BCUT2D eigenvalue weighted by Gasteiger charge is 2.08. The van der Waals surface area contributed by atoms with Crippen LogP contribution in [0.3, 0.4) is 0 Å². The third-order valence-corrected chi connectivity index (χ3v) is 4.39. The van der Waals surface area contributed by atoms with Gasteiger partial charge >= 0.3 is 0 Å². The van der Waals surface area contributed by atoms with E-state index in [9.17, 15) is 4.79 Å². The maximum atomic E-state index is 12.4. The van der Waals surface area contributed by atoms with E-state index in [1.54, 1.807) is 11.0 Å². The maximum Gasteiger partial charge on any atom is 0.244 e. The Hall–Kier alpha value is -3.41. The molecule has 4 rings (SSSR count). The smallest absolute Gasteiger partial charge is 0.244 e. The summed E-state index contributed by atoms with van der Waals surface area (Å²) in [6.45, 7) is 3.02. The monoisotopic (exact) mass is 345 g/mol. The highest BCUT2D eigenvalue weighted by molar-refractivity contribution is 5.92. The van der Waals surface area contributed by atoms with Crippen molar-refractivity contribution in [2.45, 2.75) is 20.0 Å². The molecule has 1 amide bonds. The molecule has 0 radical (unpaired) electrons. The van der Waals surface area contributed by atoms with Gasteiger partial charge < -0.3 is 9.88 Å². The number of aryl methyl sites for hydroxylation is 1. The summed E-state index contributed by atoms with van der Waals surface area (Å²) < 4.78 is 3.73. The van der Waals surface area contributed by atoms with Crippen molar-refractivity contribution in [2.75, 3.05) is 5.32 Å². The van der Waals surface area contributed by atoms with Gasteiger partial charge in [-0.2, -0.15) is 5.10 Å². The van der Waals surface area contributed by atoms with Crippen LogP contribution in [0.25, 0.3) is 10.9 Å². The normalized spacial score (nSPS) is 11.0. The summed E-state index contributed by atoms with van der Waals surface area (Å²) in [6.07, 6.45) is 5.15. The lowest BCUT2D eigenvalue weighted by Crippen LogP contribution is -2.18. The number of hydrogen-bond donors (Lipinski definition) is 1. The van der Waals surface area contributed by atoms with Gasteiger partial charge in [-0.3, -0.25) is 4.79 Å². The molecule has 2 aromatic carbocycles. The lowest BCUT2D eigenvalue weighted by atomic mass is 10.1. The second-order valence-corrected chi connectivity index (χ2v) is 6.29. The van der Waals surface area contributed by atoms with Crippen LogP contribution >= 0.6 is 0 Å². The third-order valence-electron chi connectivity index (χ3n) is 4.39. The molecular formula is C20H19N5O. The van der Waals surface area contributed by atoms with E-state index in [1.807, 2.05) is 47.2 Å². The van der Waals surface area contributed by atoms with Crippen LogP contribution in [0.15, 0.2) is 67.4 Å². The summed E-state index contributed by atoms with van der Waals surface area (Å²) in [6, 6.07) is 15.9. The molecule has 2 heterocycles. The fourth-order valence-corrected chi connectivity index (χ4v) is 3.07. The minimum absolute atomic E-state index is 0.0481. The first-order valence-electron chi connectivity index (χ1n) is 8.45. The minimum atomic E-state index is -0.0481. The molecule has 0 aliphatic rings. The third kappa shape index (κ3) is 3.35. The molecule has 0 aliphatic heterocycles. The lowest BCUT2D eigenvalue weighted by Gasteiger charge is -2.09. The molecule has 2 aromatic heterocycles. The Morgan fingerprint density at radius 3 is 2.73 bits per heavy atom. The molecule has 0 aliphatic carbocycles. The molecule has 130 valence electrons. The quantitative estimate of drug-likeness (QED) is 0.604. The Labute approximate surface area is 151 Å². The van der Waals surface area contributed by atoms with Crippen molar-refractivity contribution in [1.29, 1.82) is 0 Å². The number of amides is 1. The lowest BCUT2D eigenvalue weighted by molar-refractivity contribution is -0.116. The van der Waals surface area contributed by atoms with Gasteiger partial charge in [-0.05, 0) is 42.3 Å². The van der Waals surface area contributed by atoms with Crippen LogP contribution < -0.4 is 5.32 Å². The number of fused-ring (bicyclic) bond motifs is 1. The molecule has 0 atom stereocenters. The van der Waals surface area contributed by atoms with E-state index in [1.165, 1.54) is 17.3 Å². The minimum Gasteiger partial charge on any atom is -0.338 e. The summed E-state index contributed by atoms with van der Waals surface area (Å²) in [5.74, 6) is -0.0481. The number of rotatable bonds is 5. The van der Waals surface area contributed by atoms with Gasteiger partial charge in [0.25, 0.3) is 0 Å². The van der Waals surface area contributed by atoms with Crippen molar-refractivity contribution in [3.63, 3.8) is 0 Å². The highest BCUT2D eigenvalue weighted by Crippen LogP contribution is 2.19. The number of aromatic nitrogens is 4. The van der Waals surface area contributed by atoms with E-state index in [0.717, 1.165) is 16.8 Å². The van der Waals surface area contributed by atoms with E-state index >= 15 is 0 Å². The van der Waals surface area contributed by atoms with Gasteiger partial charge in [0.05, 0.1) is 6.54 Å². The predicted molar refractivity (Wildman–Crippen MR) is 101 cm³/mol. The molecule has 4 aromatic rings. The number of hydrogen-bond acceptors (Lipinski definition) is 3. The van der Waals surface area contributed by atoms with E-state index in [-0.39, 0.29) is 12.5 Å². The molecule has 0 unspecified atom stereocenters. The van der Waals surface area contributed by atoms with Gasteiger partial charge in [-0.1, -0.05) is 24.3 Å². The number of carbonyl (C=O) groups excluding carboxylic acids is 1. The zero-order chi connectivity index (χ0) is 17.9. The number of benzene rings is 2. The second-order valence-electron chi connectivity index (χ2n) is 6.29. The zero-order valence-electron chi connectivity index (χ0n) is 14.5. The summed E-state index contributed by atoms with van der Waals surface area (Å²) in [5.41, 5.74) is 4.17. The first-order valence-corrected chi connectivity index (χ1v) is 8.45. The van der Waals surface area contributed by atoms with Crippen molar-refractivity contribution >= 4 is 22.5 Å². The summed E-state index contributed by atoms with van der Waals surface area (Å²) >= 11 is 0. The van der Waals surface area contributed by atoms with Gasteiger partial charge in [0, 0.05) is 22.8 Å². The van der Waals surface area contributed by atoms with Crippen LogP contribution in [-0.4, -0.2) is 25.2 Å². The van der Waals surface area contributed by atoms with Gasteiger partial charge in [0.1, 0.15) is 19.2 Å². The Kier molecular flexibility index (Phi) is 4.23. The molecule has 0 fully saturated rings. The Morgan fingerprint density at radius 1 is 1.12 bits per heavy atom. The van der Waals surface area contributed by atoms with E-state index < -0.39 is 0 Å². The van der Waals surface area contributed by atoms with Gasteiger partial charge in [-0.25, -0.2) is 9.67 Å². The number of nitrogens with one attached hydrogen (secondary N) is 1. The standard InChI is InChI=1S/C20H19N5O/c1-15-3-2-4-19-18(15)9-10-24(19)12-20(26)23-17-7-5-16(6-8-17)11-25-14-21-13-22-25/h2-10,13-14H,11-12H2,1H3,(H,23,26). The van der Waals surface area contributed by atoms with Crippen LogP contribution in [0.5, 0.6) is 0 Å². The van der Waals surface area contributed by atoms with Crippen molar-refractivity contribution in [2.24, 2.45) is 0 Å². The average Bonchev–Trinajstić information content (AvgIpc) is 3.28. The first-order chi connectivity index (χ1) is 12.7. The summed E-state index contributed by atoms with van der Waals surface area (Å²) in [7, 11) is 0. The number of carbonyl (C=O) groups is 1. The molecule has 0 saturated carbocycles. The van der Waals surface area contributed by atoms with E-state index in [2.05, 4.69) is 34.5 Å². The van der Waals surface area contributed by atoms with Crippen molar-refractivity contribution in [3.8, 4) is 0 Å².